The van der Waals surface area contributed by atoms with Gasteiger partial charge in [-0.1, -0.05) is 48.0 Å². The van der Waals surface area contributed by atoms with Crippen LogP contribution in [0.5, 0.6) is 0 Å². The van der Waals surface area contributed by atoms with Crippen molar-refractivity contribution in [1.82, 2.24) is 14.8 Å². The Labute approximate surface area is 158 Å². The molecule has 1 aliphatic heterocycles. The van der Waals surface area contributed by atoms with E-state index in [1.54, 1.807) is 11.9 Å². The quantitative estimate of drug-likeness (QED) is 0.705. The van der Waals surface area contributed by atoms with E-state index in [1.165, 1.54) is 5.56 Å². The lowest BCUT2D eigenvalue weighted by Crippen LogP contribution is -2.24. The Hall–Kier alpha value is -3.21. The third kappa shape index (κ3) is 3.28. The van der Waals surface area contributed by atoms with Crippen LogP contribution in [-0.4, -0.2) is 26.4 Å². The molecule has 1 aliphatic rings. The van der Waals surface area contributed by atoms with Crippen molar-refractivity contribution in [2.45, 2.75) is 33.2 Å². The van der Waals surface area contributed by atoms with Gasteiger partial charge >= 0.3 is 0 Å². The number of para-hydroxylation sites is 1. The van der Waals surface area contributed by atoms with E-state index in [0.717, 1.165) is 28.2 Å². The fourth-order valence-corrected chi connectivity index (χ4v) is 3.56. The molecular formula is C22H22N4O. The molecule has 3 aromatic rings. The average molecular weight is 358 g/mol. The zero-order chi connectivity index (χ0) is 19.0. The average Bonchev–Trinajstić information content (AvgIpc) is 3.26. The van der Waals surface area contributed by atoms with Gasteiger partial charge in [-0.2, -0.15) is 10.2 Å². The van der Waals surface area contributed by atoms with Crippen LogP contribution in [0.25, 0.3) is 5.69 Å². The number of nitrogens with zero attached hydrogens (tertiary/aromatic N) is 4. The van der Waals surface area contributed by atoms with Gasteiger partial charge in [-0.25, -0.2) is 9.69 Å². The maximum Gasteiger partial charge on any atom is 0.240 e. The molecule has 4 rings (SSSR count). The first-order chi connectivity index (χ1) is 13.0. The molecular weight excluding hydrogens is 336 g/mol. The largest absolute Gasteiger partial charge is 0.273 e. The molecule has 136 valence electrons. The molecule has 0 bridgehead atoms. The normalized spacial score (nSPS) is 16.5. The Morgan fingerprint density at radius 1 is 1.07 bits per heavy atom. The minimum absolute atomic E-state index is 0.0606. The summed E-state index contributed by atoms with van der Waals surface area (Å²) in [4.78, 5) is 12.3. The summed E-state index contributed by atoms with van der Waals surface area (Å²) < 4.78 is 1.87. The van der Waals surface area contributed by atoms with Crippen LogP contribution in [0.4, 0.5) is 0 Å². The Bertz CT molecular complexity index is 1020. The van der Waals surface area contributed by atoms with Gasteiger partial charge in [0.25, 0.3) is 0 Å². The number of aryl methyl sites for hydroxylation is 2. The molecule has 1 aromatic heterocycles. The zero-order valence-corrected chi connectivity index (χ0v) is 15.8. The van der Waals surface area contributed by atoms with Gasteiger partial charge in [-0.3, -0.25) is 4.79 Å². The number of carbonyl (C=O) groups excluding carboxylic acids is 1. The maximum absolute atomic E-state index is 12.3. The highest BCUT2D eigenvalue weighted by molar-refractivity contribution is 6.03. The molecule has 0 N–H and O–H groups in total. The number of rotatable bonds is 3. The molecule has 0 aliphatic carbocycles. The molecule has 1 atom stereocenters. The smallest absolute Gasteiger partial charge is 0.240 e. The SMILES string of the molecule is CC(=O)N1N=C(c2cccc(C)c2)CC1c1cn(-c2ccccc2)nc1C. The van der Waals surface area contributed by atoms with Crippen molar-refractivity contribution in [3.63, 3.8) is 0 Å². The lowest BCUT2D eigenvalue weighted by Gasteiger charge is -2.19. The van der Waals surface area contributed by atoms with Gasteiger partial charge in [0.2, 0.25) is 5.91 Å². The summed E-state index contributed by atoms with van der Waals surface area (Å²) in [7, 11) is 0. The predicted octanol–water partition coefficient (Wildman–Crippen LogP) is 4.19. The van der Waals surface area contributed by atoms with Crippen LogP contribution in [0.2, 0.25) is 0 Å². The summed E-state index contributed by atoms with van der Waals surface area (Å²) in [5, 5.41) is 10.9. The number of carbonyl (C=O) groups is 1. The summed E-state index contributed by atoms with van der Waals surface area (Å²) in [5.41, 5.74) is 6.12. The van der Waals surface area contributed by atoms with Crippen molar-refractivity contribution in [3.05, 3.63) is 83.2 Å². The number of amides is 1. The van der Waals surface area contributed by atoms with E-state index in [4.69, 9.17) is 0 Å². The number of hydrogen-bond acceptors (Lipinski definition) is 3. The second-order valence-corrected chi connectivity index (χ2v) is 6.95. The second-order valence-electron chi connectivity index (χ2n) is 6.95. The van der Waals surface area contributed by atoms with Gasteiger partial charge in [0.1, 0.15) is 0 Å². The molecule has 0 fully saturated rings. The molecule has 2 aromatic carbocycles. The molecule has 0 spiro atoms. The monoisotopic (exact) mass is 358 g/mol. The Morgan fingerprint density at radius 3 is 2.56 bits per heavy atom. The van der Waals surface area contributed by atoms with Crippen LogP contribution in [0.15, 0.2) is 65.9 Å². The van der Waals surface area contributed by atoms with Crippen LogP contribution in [0, 0.1) is 13.8 Å². The van der Waals surface area contributed by atoms with Crippen LogP contribution in [0.3, 0.4) is 0 Å². The Morgan fingerprint density at radius 2 is 1.85 bits per heavy atom. The third-order valence-corrected chi connectivity index (χ3v) is 4.90. The van der Waals surface area contributed by atoms with Crippen LogP contribution >= 0.6 is 0 Å². The van der Waals surface area contributed by atoms with Gasteiger partial charge in [0, 0.05) is 25.1 Å². The molecule has 27 heavy (non-hydrogen) atoms. The van der Waals surface area contributed by atoms with Gasteiger partial charge in [-0.15, -0.1) is 0 Å². The third-order valence-electron chi connectivity index (χ3n) is 4.90. The highest BCUT2D eigenvalue weighted by Gasteiger charge is 2.33. The second kappa shape index (κ2) is 6.83. The molecule has 0 radical (unpaired) electrons. The van der Waals surface area contributed by atoms with Gasteiger partial charge < -0.3 is 0 Å². The van der Waals surface area contributed by atoms with Crippen LogP contribution < -0.4 is 0 Å². The topological polar surface area (TPSA) is 50.5 Å². The fourth-order valence-electron chi connectivity index (χ4n) is 3.56. The molecule has 5 heteroatoms. The fraction of sp³-hybridized carbons (Fsp3) is 0.227. The van der Waals surface area contributed by atoms with Crippen molar-refractivity contribution < 1.29 is 4.79 Å². The first-order valence-electron chi connectivity index (χ1n) is 9.09. The molecule has 1 amide bonds. The van der Waals surface area contributed by atoms with E-state index < -0.39 is 0 Å². The first kappa shape index (κ1) is 17.2. The first-order valence-corrected chi connectivity index (χ1v) is 9.09. The van der Waals surface area contributed by atoms with E-state index >= 15 is 0 Å². The highest BCUT2D eigenvalue weighted by atomic mass is 16.2. The van der Waals surface area contributed by atoms with Gasteiger partial charge in [0.15, 0.2) is 0 Å². The lowest BCUT2D eigenvalue weighted by molar-refractivity contribution is -0.130. The zero-order valence-electron chi connectivity index (χ0n) is 15.8. The van der Waals surface area contributed by atoms with E-state index in [-0.39, 0.29) is 11.9 Å². The van der Waals surface area contributed by atoms with E-state index in [2.05, 4.69) is 29.3 Å². The van der Waals surface area contributed by atoms with Crippen molar-refractivity contribution in [1.29, 1.82) is 0 Å². The summed E-state index contributed by atoms with van der Waals surface area (Å²) >= 11 is 0. The van der Waals surface area contributed by atoms with Crippen molar-refractivity contribution in [2.24, 2.45) is 5.10 Å². The van der Waals surface area contributed by atoms with Crippen molar-refractivity contribution >= 4 is 11.6 Å². The maximum atomic E-state index is 12.3. The van der Waals surface area contributed by atoms with Gasteiger partial charge in [0.05, 0.1) is 23.1 Å². The molecule has 0 saturated carbocycles. The lowest BCUT2D eigenvalue weighted by atomic mass is 9.98. The number of hydrazone groups is 1. The van der Waals surface area contributed by atoms with Crippen molar-refractivity contribution in [2.75, 3.05) is 0 Å². The van der Waals surface area contributed by atoms with Crippen LogP contribution in [-0.2, 0) is 4.79 Å². The van der Waals surface area contributed by atoms with E-state index in [1.807, 2.05) is 60.3 Å². The number of benzene rings is 2. The minimum Gasteiger partial charge on any atom is -0.273 e. The standard InChI is InChI=1S/C22H22N4O/c1-15-8-7-9-18(12-15)21-13-22(26(24-21)17(3)27)20-14-25(23-16(20)2)19-10-5-4-6-11-19/h4-12,14,22H,13H2,1-3H3. The van der Waals surface area contributed by atoms with Crippen LogP contribution in [0.1, 0.15) is 41.8 Å². The Kier molecular flexibility index (Phi) is 4.36. The number of aromatic nitrogens is 2. The summed E-state index contributed by atoms with van der Waals surface area (Å²) in [6.45, 7) is 5.61. The molecule has 0 saturated heterocycles. The van der Waals surface area contributed by atoms with E-state index in [0.29, 0.717) is 6.42 Å². The Balaban J connectivity index is 1.70. The summed E-state index contributed by atoms with van der Waals surface area (Å²) in [6.07, 6.45) is 2.70. The number of hydrogen-bond donors (Lipinski definition) is 0. The summed E-state index contributed by atoms with van der Waals surface area (Å²) in [6, 6.07) is 18.1. The summed E-state index contributed by atoms with van der Waals surface area (Å²) in [5.74, 6) is -0.0606. The highest BCUT2D eigenvalue weighted by Crippen LogP contribution is 2.34. The van der Waals surface area contributed by atoms with E-state index in [9.17, 15) is 4.79 Å². The van der Waals surface area contributed by atoms with Crippen molar-refractivity contribution in [3.8, 4) is 5.69 Å². The molecule has 5 nitrogen and oxygen atoms in total. The molecule has 2 heterocycles. The minimum atomic E-state index is -0.129. The molecule has 1 unspecified atom stereocenters. The predicted molar refractivity (Wildman–Crippen MR) is 106 cm³/mol. The van der Waals surface area contributed by atoms with Gasteiger partial charge in [-0.05, 0) is 31.5 Å².